The van der Waals surface area contributed by atoms with Gasteiger partial charge in [0.2, 0.25) is 0 Å². The van der Waals surface area contributed by atoms with Gasteiger partial charge in [-0.15, -0.1) is 0 Å². The van der Waals surface area contributed by atoms with Crippen LogP contribution in [0.3, 0.4) is 0 Å². The van der Waals surface area contributed by atoms with Crippen LogP contribution in [0.2, 0.25) is 0 Å². The minimum Gasteiger partial charge on any atom is -0.480 e. The van der Waals surface area contributed by atoms with Crippen LogP contribution in [0.5, 0.6) is 0 Å². The van der Waals surface area contributed by atoms with Crippen molar-refractivity contribution >= 4 is 16.9 Å². The van der Waals surface area contributed by atoms with E-state index in [2.05, 4.69) is 4.98 Å². The van der Waals surface area contributed by atoms with Crippen molar-refractivity contribution in [3.63, 3.8) is 0 Å². The van der Waals surface area contributed by atoms with Gasteiger partial charge in [-0.05, 0) is 30.5 Å². The zero-order valence-electron chi connectivity index (χ0n) is 9.84. The number of rotatable bonds is 3. The summed E-state index contributed by atoms with van der Waals surface area (Å²) in [5, 5.41) is 10.1. The standard InChI is InChI=1S/C14H14N2O2/c15-12(13(17)18)14(5-6-14)10-4-3-9-2-1-7-16-11(9)8-10/h1-4,7-8,12H,5-6,15H2,(H,17,18). The zero-order valence-corrected chi connectivity index (χ0v) is 9.84. The highest BCUT2D eigenvalue weighted by Crippen LogP contribution is 2.50. The lowest BCUT2D eigenvalue weighted by atomic mass is 9.88. The number of carbonyl (C=O) groups is 1. The largest absolute Gasteiger partial charge is 0.480 e. The summed E-state index contributed by atoms with van der Waals surface area (Å²) in [5.74, 6) is -0.936. The molecule has 0 amide bonds. The molecule has 4 heteroatoms. The molecule has 1 aliphatic rings. The predicted molar refractivity (Wildman–Crippen MR) is 68.3 cm³/mol. The van der Waals surface area contributed by atoms with E-state index in [4.69, 9.17) is 10.8 Å². The van der Waals surface area contributed by atoms with E-state index in [1.807, 2.05) is 30.3 Å². The molecule has 92 valence electrons. The molecule has 1 aromatic heterocycles. The molecule has 0 bridgehead atoms. The third-order valence-electron chi connectivity index (χ3n) is 3.83. The second-order valence-electron chi connectivity index (χ2n) is 4.88. The Morgan fingerprint density at radius 3 is 2.83 bits per heavy atom. The number of fused-ring (bicyclic) bond motifs is 1. The fraction of sp³-hybridized carbons (Fsp3) is 0.286. The minimum absolute atomic E-state index is 0.391. The maximum atomic E-state index is 11.1. The first-order valence-electron chi connectivity index (χ1n) is 5.97. The highest BCUT2D eigenvalue weighted by atomic mass is 16.4. The molecule has 0 radical (unpaired) electrons. The molecular formula is C14H14N2O2. The molecule has 1 fully saturated rings. The van der Waals surface area contributed by atoms with Crippen LogP contribution in [0.15, 0.2) is 36.5 Å². The number of carboxylic acids is 1. The maximum absolute atomic E-state index is 11.1. The Balaban J connectivity index is 2.07. The van der Waals surface area contributed by atoms with E-state index < -0.39 is 17.4 Å². The van der Waals surface area contributed by atoms with Crippen LogP contribution in [0.4, 0.5) is 0 Å². The lowest BCUT2D eigenvalue weighted by Crippen LogP contribution is -2.41. The third kappa shape index (κ3) is 1.57. The second-order valence-corrected chi connectivity index (χ2v) is 4.88. The predicted octanol–water partition coefficient (Wildman–Crippen LogP) is 1.68. The average molecular weight is 242 g/mol. The molecule has 3 rings (SSSR count). The minimum atomic E-state index is -0.936. The molecule has 1 unspecified atom stereocenters. The van der Waals surface area contributed by atoms with Gasteiger partial charge >= 0.3 is 5.97 Å². The summed E-state index contributed by atoms with van der Waals surface area (Å²) >= 11 is 0. The molecule has 0 spiro atoms. The van der Waals surface area contributed by atoms with Crippen LogP contribution in [-0.4, -0.2) is 22.1 Å². The number of carboxylic acid groups (broad SMARTS) is 1. The summed E-state index contributed by atoms with van der Waals surface area (Å²) in [5.41, 5.74) is 7.30. The molecule has 1 saturated carbocycles. The molecule has 1 aliphatic carbocycles. The van der Waals surface area contributed by atoms with Crippen LogP contribution >= 0.6 is 0 Å². The van der Waals surface area contributed by atoms with E-state index in [-0.39, 0.29) is 0 Å². The lowest BCUT2D eigenvalue weighted by molar-refractivity contribution is -0.139. The van der Waals surface area contributed by atoms with Crippen LogP contribution < -0.4 is 5.73 Å². The van der Waals surface area contributed by atoms with Crippen molar-refractivity contribution in [2.24, 2.45) is 5.73 Å². The Hall–Kier alpha value is -1.94. The zero-order chi connectivity index (χ0) is 12.8. The Kier molecular flexibility index (Phi) is 2.35. The summed E-state index contributed by atoms with van der Waals surface area (Å²) in [4.78, 5) is 15.4. The van der Waals surface area contributed by atoms with Crippen molar-refractivity contribution in [2.45, 2.75) is 24.3 Å². The SMILES string of the molecule is NC(C(=O)O)C1(c2ccc3cccnc3c2)CC1. The summed E-state index contributed by atoms with van der Waals surface area (Å²) in [6, 6.07) is 8.96. The summed E-state index contributed by atoms with van der Waals surface area (Å²) in [6.07, 6.45) is 3.40. The summed E-state index contributed by atoms with van der Waals surface area (Å²) in [6.45, 7) is 0. The van der Waals surface area contributed by atoms with E-state index in [9.17, 15) is 4.79 Å². The highest BCUT2D eigenvalue weighted by molar-refractivity contribution is 5.81. The van der Waals surface area contributed by atoms with E-state index in [1.54, 1.807) is 6.20 Å². The van der Waals surface area contributed by atoms with Crippen molar-refractivity contribution < 1.29 is 9.90 Å². The molecule has 1 heterocycles. The van der Waals surface area contributed by atoms with Crippen molar-refractivity contribution in [1.82, 2.24) is 4.98 Å². The Bertz CT molecular complexity index is 620. The van der Waals surface area contributed by atoms with Gasteiger partial charge in [0.1, 0.15) is 6.04 Å². The number of benzene rings is 1. The van der Waals surface area contributed by atoms with Gasteiger partial charge in [0.15, 0.2) is 0 Å². The number of aliphatic carboxylic acids is 1. The quantitative estimate of drug-likeness (QED) is 0.858. The number of hydrogen-bond acceptors (Lipinski definition) is 3. The van der Waals surface area contributed by atoms with Crippen LogP contribution in [0.25, 0.3) is 10.9 Å². The summed E-state index contributed by atoms with van der Waals surface area (Å²) in [7, 11) is 0. The van der Waals surface area contributed by atoms with E-state index in [1.165, 1.54) is 0 Å². The van der Waals surface area contributed by atoms with Crippen molar-refractivity contribution in [3.05, 3.63) is 42.1 Å². The van der Waals surface area contributed by atoms with Gasteiger partial charge < -0.3 is 10.8 Å². The van der Waals surface area contributed by atoms with Crippen LogP contribution in [-0.2, 0) is 10.2 Å². The number of nitrogens with zero attached hydrogens (tertiary/aromatic N) is 1. The molecule has 0 aliphatic heterocycles. The second kappa shape index (κ2) is 3.78. The average Bonchev–Trinajstić information content (AvgIpc) is 3.18. The smallest absolute Gasteiger partial charge is 0.321 e. The van der Waals surface area contributed by atoms with Gasteiger partial charge in [0.05, 0.1) is 5.52 Å². The topological polar surface area (TPSA) is 76.2 Å². The van der Waals surface area contributed by atoms with E-state index in [0.717, 1.165) is 29.3 Å². The lowest BCUT2D eigenvalue weighted by Gasteiger charge is -2.20. The molecule has 4 nitrogen and oxygen atoms in total. The highest BCUT2D eigenvalue weighted by Gasteiger charge is 2.52. The van der Waals surface area contributed by atoms with Gasteiger partial charge in [0, 0.05) is 17.0 Å². The Morgan fingerprint density at radius 1 is 1.39 bits per heavy atom. The third-order valence-corrected chi connectivity index (χ3v) is 3.83. The number of aromatic nitrogens is 1. The number of pyridine rings is 1. The van der Waals surface area contributed by atoms with Gasteiger partial charge in [0.25, 0.3) is 0 Å². The van der Waals surface area contributed by atoms with Crippen LogP contribution in [0, 0.1) is 0 Å². The molecule has 2 aromatic rings. The molecule has 1 aromatic carbocycles. The van der Waals surface area contributed by atoms with Gasteiger partial charge in [-0.2, -0.15) is 0 Å². The first kappa shape index (κ1) is 11.2. The molecule has 0 saturated heterocycles. The first-order chi connectivity index (χ1) is 8.63. The van der Waals surface area contributed by atoms with E-state index >= 15 is 0 Å². The van der Waals surface area contributed by atoms with Gasteiger partial charge in [-0.25, -0.2) is 0 Å². The summed E-state index contributed by atoms with van der Waals surface area (Å²) < 4.78 is 0. The Morgan fingerprint density at radius 2 is 2.17 bits per heavy atom. The normalized spacial score (nSPS) is 18.5. The van der Waals surface area contributed by atoms with Gasteiger partial charge in [-0.3, -0.25) is 9.78 Å². The Labute approximate surface area is 104 Å². The van der Waals surface area contributed by atoms with Crippen LogP contribution in [0.1, 0.15) is 18.4 Å². The number of nitrogens with two attached hydrogens (primary N) is 1. The van der Waals surface area contributed by atoms with Crippen molar-refractivity contribution in [3.8, 4) is 0 Å². The van der Waals surface area contributed by atoms with Crippen molar-refractivity contribution in [2.75, 3.05) is 0 Å². The molecule has 1 atom stereocenters. The van der Waals surface area contributed by atoms with Crippen molar-refractivity contribution in [1.29, 1.82) is 0 Å². The van der Waals surface area contributed by atoms with E-state index in [0.29, 0.717) is 0 Å². The fourth-order valence-corrected chi connectivity index (χ4v) is 2.53. The van der Waals surface area contributed by atoms with Gasteiger partial charge in [-0.1, -0.05) is 18.2 Å². The maximum Gasteiger partial charge on any atom is 0.321 e. The fourth-order valence-electron chi connectivity index (χ4n) is 2.53. The monoisotopic (exact) mass is 242 g/mol. The molecule has 3 N–H and O–H groups in total. The molecule has 18 heavy (non-hydrogen) atoms. The first-order valence-corrected chi connectivity index (χ1v) is 5.97. The molecular weight excluding hydrogens is 228 g/mol. The number of hydrogen-bond donors (Lipinski definition) is 2.